The summed E-state index contributed by atoms with van der Waals surface area (Å²) in [5, 5.41) is 4.77. The Hall–Kier alpha value is -8.19. The van der Waals surface area contributed by atoms with Gasteiger partial charge in [0.2, 0.25) is 0 Å². The Bertz CT molecular complexity index is 3860. The fraction of sp³-hybridized carbons (Fsp3) is 0. The van der Waals surface area contributed by atoms with Gasteiger partial charge in [0.05, 0.1) is 37.2 Å². The van der Waals surface area contributed by atoms with Gasteiger partial charge in [-0.1, -0.05) is 133 Å². The monoisotopic (exact) mass is 821 g/mol. The van der Waals surface area contributed by atoms with Crippen LogP contribution in [0.3, 0.4) is 0 Å². The number of rotatable bonds is 6. The molecule has 0 aliphatic rings. The second-order valence-corrected chi connectivity index (χ2v) is 17.1. The van der Waals surface area contributed by atoms with Crippen LogP contribution in [0.15, 0.2) is 212 Å². The number of hydrogen-bond acceptors (Lipinski definition) is 4. The fourth-order valence-corrected chi connectivity index (χ4v) is 10.4. The van der Waals surface area contributed by atoms with Crippen molar-refractivity contribution in [2.24, 2.45) is 0 Å². The van der Waals surface area contributed by atoms with Gasteiger partial charge < -0.3 is 0 Å². The van der Waals surface area contributed by atoms with E-state index in [1.165, 1.54) is 21.5 Å². The summed E-state index contributed by atoms with van der Waals surface area (Å²) in [6, 6.07) is 73.8. The van der Waals surface area contributed by atoms with E-state index in [1.807, 2.05) is 12.3 Å². The fourth-order valence-electron chi connectivity index (χ4n) is 9.44. The van der Waals surface area contributed by atoms with Gasteiger partial charge in [0.1, 0.15) is 22.7 Å². The summed E-state index contributed by atoms with van der Waals surface area (Å²) in [6.07, 6.45) is 1.85. The molecule has 0 aliphatic carbocycles. The first-order valence-electron chi connectivity index (χ1n) is 21.2. The van der Waals surface area contributed by atoms with Gasteiger partial charge >= 0.3 is 0 Å². The highest BCUT2D eigenvalue weighted by Gasteiger charge is 2.19. The van der Waals surface area contributed by atoms with E-state index in [1.54, 1.807) is 11.3 Å². The van der Waals surface area contributed by atoms with Gasteiger partial charge in [-0.2, -0.15) is 0 Å². The molecule has 13 rings (SSSR count). The van der Waals surface area contributed by atoms with Crippen LogP contribution < -0.4 is 0 Å². The molecule has 0 saturated carbocycles. The molecular weight excluding hydrogens is 787 g/mol. The normalized spacial score (nSPS) is 11.8. The highest BCUT2D eigenvalue weighted by molar-refractivity contribution is 7.25. The Balaban J connectivity index is 0.942. The van der Waals surface area contributed by atoms with Crippen molar-refractivity contribution in [2.45, 2.75) is 0 Å². The van der Waals surface area contributed by atoms with Crippen molar-refractivity contribution in [3.05, 3.63) is 212 Å². The Morgan fingerprint density at radius 2 is 0.921 bits per heavy atom. The molecule has 294 valence electrons. The number of nitrogens with zero attached hydrogens (tertiary/aromatic N) is 5. The summed E-state index contributed by atoms with van der Waals surface area (Å²) in [4.78, 5) is 15.3. The van der Waals surface area contributed by atoms with Crippen molar-refractivity contribution in [2.75, 3.05) is 0 Å². The second-order valence-electron chi connectivity index (χ2n) is 16.0. The smallest absolute Gasteiger partial charge is 0.138 e. The van der Waals surface area contributed by atoms with Crippen molar-refractivity contribution >= 4 is 75.4 Å². The molecule has 0 bridgehead atoms. The highest BCUT2D eigenvalue weighted by Crippen LogP contribution is 2.40. The van der Waals surface area contributed by atoms with Crippen LogP contribution in [-0.2, 0) is 0 Å². The zero-order chi connectivity index (χ0) is 41.4. The van der Waals surface area contributed by atoms with Gasteiger partial charge in [-0.25, -0.2) is 9.97 Å². The maximum Gasteiger partial charge on any atom is 0.138 e. The van der Waals surface area contributed by atoms with Crippen LogP contribution in [0.1, 0.15) is 0 Å². The van der Waals surface area contributed by atoms with E-state index in [-0.39, 0.29) is 0 Å². The molecule has 0 spiro atoms. The van der Waals surface area contributed by atoms with Crippen molar-refractivity contribution in [1.29, 1.82) is 0 Å². The van der Waals surface area contributed by atoms with E-state index >= 15 is 0 Å². The molecule has 0 amide bonds. The lowest BCUT2D eigenvalue weighted by atomic mass is 9.97. The van der Waals surface area contributed by atoms with Crippen molar-refractivity contribution in [3.63, 3.8) is 0 Å². The van der Waals surface area contributed by atoms with Gasteiger partial charge in [0.15, 0.2) is 0 Å². The van der Waals surface area contributed by atoms with Crippen LogP contribution in [0.4, 0.5) is 0 Å². The summed E-state index contributed by atoms with van der Waals surface area (Å²) in [5.74, 6) is 1.77. The number of hydrogen-bond donors (Lipinski definition) is 0. The molecule has 0 radical (unpaired) electrons. The first-order valence-corrected chi connectivity index (χ1v) is 22.0. The Labute approximate surface area is 366 Å². The van der Waals surface area contributed by atoms with Crippen molar-refractivity contribution in [3.8, 4) is 56.3 Å². The molecule has 0 saturated heterocycles. The first kappa shape index (κ1) is 35.6. The average Bonchev–Trinajstić information content (AvgIpc) is 4.01. The average molecular weight is 822 g/mol. The quantitative estimate of drug-likeness (QED) is 0.168. The Morgan fingerprint density at radius 1 is 0.317 bits per heavy atom. The van der Waals surface area contributed by atoms with E-state index in [4.69, 9.17) is 15.0 Å². The van der Waals surface area contributed by atoms with Crippen LogP contribution in [0.5, 0.6) is 0 Å². The standard InChI is InChI=1S/C57H35N5S/c1-3-13-36(14-4-1)42-33-47(37-15-5-2-6-16-37)59-55(35-42)62-48-21-9-7-19-43(48)45-26-24-41(34-51(45)62)39-18-11-17-38(31-39)40-25-27-50-46(32-40)44-20-8-10-22-49(44)61(50)54-29-28-53-57(60-54)56-52(63-53)23-12-30-58-56/h1-35H. The minimum Gasteiger partial charge on any atom is -0.294 e. The van der Waals surface area contributed by atoms with E-state index in [2.05, 4.69) is 209 Å². The molecule has 6 heteroatoms. The minimum absolute atomic E-state index is 0.884. The lowest BCUT2D eigenvalue weighted by molar-refractivity contribution is 1.08. The number of aromatic nitrogens is 5. The van der Waals surface area contributed by atoms with Crippen LogP contribution in [0.2, 0.25) is 0 Å². The largest absolute Gasteiger partial charge is 0.294 e. The lowest BCUT2D eigenvalue weighted by Gasteiger charge is -2.13. The predicted molar refractivity (Wildman–Crippen MR) is 263 cm³/mol. The number of fused-ring (bicyclic) bond motifs is 9. The topological polar surface area (TPSA) is 48.5 Å². The SMILES string of the molecule is c1ccc(-c2cc(-c3ccccc3)nc(-n3c4ccccc4c4ccc(-c5cccc(-c6ccc7c(c6)c6ccccc6n7-c6ccc7sc8cccnc8c7n6)c5)cc43)c2)cc1. The van der Waals surface area contributed by atoms with E-state index < -0.39 is 0 Å². The van der Waals surface area contributed by atoms with Crippen LogP contribution in [-0.4, -0.2) is 24.1 Å². The molecule has 0 unspecified atom stereocenters. The van der Waals surface area contributed by atoms with E-state index in [0.29, 0.717) is 0 Å². The van der Waals surface area contributed by atoms with E-state index in [0.717, 1.165) is 98.8 Å². The zero-order valence-electron chi connectivity index (χ0n) is 33.9. The summed E-state index contributed by atoms with van der Waals surface area (Å²) in [7, 11) is 0. The molecule has 6 heterocycles. The van der Waals surface area contributed by atoms with Crippen LogP contribution >= 0.6 is 11.3 Å². The predicted octanol–water partition coefficient (Wildman–Crippen LogP) is 15.1. The molecule has 13 aromatic rings. The third kappa shape index (κ3) is 5.80. The van der Waals surface area contributed by atoms with Crippen LogP contribution in [0.25, 0.3) is 120 Å². The molecule has 0 N–H and O–H groups in total. The molecule has 6 aromatic heterocycles. The summed E-state index contributed by atoms with van der Waals surface area (Å²) >= 11 is 1.74. The number of para-hydroxylation sites is 2. The van der Waals surface area contributed by atoms with Crippen molar-refractivity contribution in [1.82, 2.24) is 24.1 Å². The summed E-state index contributed by atoms with van der Waals surface area (Å²) in [6.45, 7) is 0. The second kappa shape index (κ2) is 14.2. The zero-order valence-corrected chi connectivity index (χ0v) is 34.7. The Morgan fingerprint density at radius 3 is 1.71 bits per heavy atom. The molecule has 7 aromatic carbocycles. The van der Waals surface area contributed by atoms with Gasteiger partial charge in [-0.05, 0) is 106 Å². The third-order valence-electron chi connectivity index (χ3n) is 12.4. The summed E-state index contributed by atoms with van der Waals surface area (Å²) in [5.41, 5.74) is 15.3. The maximum atomic E-state index is 5.37. The van der Waals surface area contributed by atoms with Gasteiger partial charge in [0.25, 0.3) is 0 Å². The van der Waals surface area contributed by atoms with Crippen LogP contribution in [0, 0.1) is 0 Å². The Kier molecular flexibility index (Phi) is 8.01. The summed E-state index contributed by atoms with van der Waals surface area (Å²) < 4.78 is 6.92. The highest BCUT2D eigenvalue weighted by atomic mass is 32.1. The van der Waals surface area contributed by atoms with E-state index in [9.17, 15) is 0 Å². The molecular formula is C57H35N5S. The third-order valence-corrected chi connectivity index (χ3v) is 13.5. The number of thiophene rings is 1. The lowest BCUT2D eigenvalue weighted by Crippen LogP contribution is -2.00. The van der Waals surface area contributed by atoms with Gasteiger partial charge in [0, 0.05) is 33.3 Å². The molecule has 0 atom stereocenters. The number of benzene rings is 7. The molecule has 0 fully saturated rings. The maximum absolute atomic E-state index is 5.37. The molecule has 63 heavy (non-hydrogen) atoms. The minimum atomic E-state index is 0.884. The first-order chi connectivity index (χ1) is 31.2. The molecule has 0 aliphatic heterocycles. The van der Waals surface area contributed by atoms with Gasteiger partial charge in [-0.3, -0.25) is 14.1 Å². The van der Waals surface area contributed by atoms with Gasteiger partial charge in [-0.15, -0.1) is 11.3 Å². The number of pyridine rings is 3. The molecule has 5 nitrogen and oxygen atoms in total. The van der Waals surface area contributed by atoms with Crippen molar-refractivity contribution < 1.29 is 0 Å².